The lowest BCUT2D eigenvalue weighted by Gasteiger charge is -2.09. The van der Waals surface area contributed by atoms with Crippen molar-refractivity contribution in [3.8, 4) is 11.6 Å². The van der Waals surface area contributed by atoms with Gasteiger partial charge in [-0.1, -0.05) is 12.1 Å². The minimum atomic E-state index is 0.147. The van der Waals surface area contributed by atoms with Gasteiger partial charge in [0.05, 0.1) is 6.20 Å². The molecule has 2 aromatic heterocycles. The van der Waals surface area contributed by atoms with Gasteiger partial charge in [-0.05, 0) is 18.4 Å². The third-order valence-corrected chi connectivity index (χ3v) is 3.34. The Morgan fingerprint density at radius 1 is 1.26 bits per heavy atom. The van der Waals surface area contributed by atoms with E-state index in [2.05, 4.69) is 20.2 Å². The second-order valence-corrected chi connectivity index (χ2v) is 4.62. The number of aromatic amines is 1. The molecule has 0 amide bonds. The van der Waals surface area contributed by atoms with E-state index in [9.17, 15) is 0 Å². The molecular formula is C12H11N5OS. The van der Waals surface area contributed by atoms with Crippen molar-refractivity contribution in [2.45, 2.75) is 4.90 Å². The second-order valence-electron chi connectivity index (χ2n) is 3.77. The zero-order valence-corrected chi connectivity index (χ0v) is 10.9. The average molecular weight is 273 g/mol. The van der Waals surface area contributed by atoms with Gasteiger partial charge < -0.3 is 10.5 Å². The minimum Gasteiger partial charge on any atom is -0.437 e. The van der Waals surface area contributed by atoms with Gasteiger partial charge in [-0.25, -0.2) is 0 Å². The maximum absolute atomic E-state index is 5.84. The van der Waals surface area contributed by atoms with Crippen LogP contribution in [0, 0.1) is 0 Å². The van der Waals surface area contributed by atoms with Gasteiger partial charge in [-0.2, -0.15) is 15.1 Å². The predicted molar refractivity (Wildman–Crippen MR) is 74.4 cm³/mol. The highest BCUT2D eigenvalue weighted by atomic mass is 32.2. The van der Waals surface area contributed by atoms with Crippen LogP contribution in [0.3, 0.4) is 0 Å². The van der Waals surface area contributed by atoms with Gasteiger partial charge in [-0.3, -0.25) is 5.10 Å². The molecule has 0 atom stereocenters. The summed E-state index contributed by atoms with van der Waals surface area (Å²) in [7, 11) is 0. The summed E-state index contributed by atoms with van der Waals surface area (Å²) in [4.78, 5) is 9.19. The summed E-state index contributed by atoms with van der Waals surface area (Å²) in [6, 6.07) is 7.74. The summed E-state index contributed by atoms with van der Waals surface area (Å²) >= 11 is 1.60. The van der Waals surface area contributed by atoms with Crippen LogP contribution < -0.4 is 10.5 Å². The molecule has 19 heavy (non-hydrogen) atoms. The standard InChI is InChI=1S/C12H11N5OS/c1-19-9-5-3-2-4-8(9)18-11-7-6-14-17-10(7)15-12(13)16-11/h2-6H,1H3,(H3,13,14,15,16,17). The molecule has 0 unspecified atom stereocenters. The summed E-state index contributed by atoms with van der Waals surface area (Å²) < 4.78 is 5.84. The van der Waals surface area contributed by atoms with E-state index in [1.807, 2.05) is 30.5 Å². The lowest BCUT2D eigenvalue weighted by molar-refractivity contribution is 0.458. The van der Waals surface area contributed by atoms with Crippen molar-refractivity contribution >= 4 is 28.7 Å². The maximum Gasteiger partial charge on any atom is 0.235 e. The topological polar surface area (TPSA) is 89.7 Å². The van der Waals surface area contributed by atoms with Crippen LogP contribution in [-0.4, -0.2) is 26.4 Å². The van der Waals surface area contributed by atoms with Crippen LogP contribution in [0.15, 0.2) is 35.4 Å². The van der Waals surface area contributed by atoms with Crippen LogP contribution in [0.2, 0.25) is 0 Å². The molecule has 2 heterocycles. The van der Waals surface area contributed by atoms with Crippen molar-refractivity contribution in [3.05, 3.63) is 30.5 Å². The first kappa shape index (κ1) is 11.8. The van der Waals surface area contributed by atoms with E-state index in [1.54, 1.807) is 18.0 Å². The second kappa shape index (κ2) is 4.77. The van der Waals surface area contributed by atoms with Crippen molar-refractivity contribution < 1.29 is 4.74 Å². The number of rotatable bonds is 3. The molecule has 0 saturated carbocycles. The Labute approximate surface area is 113 Å². The molecule has 0 spiro atoms. The van der Waals surface area contributed by atoms with Crippen LogP contribution in [0.5, 0.6) is 11.6 Å². The summed E-state index contributed by atoms with van der Waals surface area (Å²) in [5.74, 6) is 1.28. The van der Waals surface area contributed by atoms with E-state index >= 15 is 0 Å². The number of ether oxygens (including phenoxy) is 1. The van der Waals surface area contributed by atoms with Crippen molar-refractivity contribution in [2.75, 3.05) is 12.0 Å². The molecule has 0 saturated heterocycles. The maximum atomic E-state index is 5.84. The molecule has 3 N–H and O–H groups in total. The number of hydrogen-bond acceptors (Lipinski definition) is 6. The summed E-state index contributed by atoms with van der Waals surface area (Å²) in [5.41, 5.74) is 6.21. The lowest BCUT2D eigenvalue weighted by atomic mass is 10.3. The number of H-pyrrole nitrogens is 1. The summed E-state index contributed by atoms with van der Waals surface area (Å²) in [5, 5.41) is 7.37. The van der Waals surface area contributed by atoms with Gasteiger partial charge in [0, 0.05) is 4.90 Å². The zero-order valence-electron chi connectivity index (χ0n) is 10.1. The fraction of sp³-hybridized carbons (Fsp3) is 0.0833. The molecule has 7 heteroatoms. The Hall–Kier alpha value is -2.28. The molecule has 0 fully saturated rings. The number of nitrogens with zero attached hydrogens (tertiary/aromatic N) is 3. The van der Waals surface area contributed by atoms with Crippen LogP contribution in [0.1, 0.15) is 0 Å². The molecule has 0 aliphatic heterocycles. The summed E-state index contributed by atoms with van der Waals surface area (Å²) in [6.07, 6.45) is 3.61. The van der Waals surface area contributed by atoms with Gasteiger partial charge in [0.15, 0.2) is 5.65 Å². The number of nitrogens with one attached hydrogen (secondary N) is 1. The normalized spacial score (nSPS) is 10.8. The summed E-state index contributed by atoms with van der Waals surface area (Å²) in [6.45, 7) is 0. The van der Waals surface area contributed by atoms with Gasteiger partial charge in [0.1, 0.15) is 11.1 Å². The van der Waals surface area contributed by atoms with Gasteiger partial charge in [0.2, 0.25) is 11.8 Å². The molecule has 96 valence electrons. The van der Waals surface area contributed by atoms with E-state index in [0.29, 0.717) is 16.9 Å². The van der Waals surface area contributed by atoms with Crippen LogP contribution in [-0.2, 0) is 0 Å². The van der Waals surface area contributed by atoms with E-state index in [1.165, 1.54) is 0 Å². The fourth-order valence-electron chi connectivity index (χ4n) is 1.71. The number of aromatic nitrogens is 4. The lowest BCUT2D eigenvalue weighted by Crippen LogP contribution is -1.98. The Bertz CT molecular complexity index is 727. The number of nitrogens with two attached hydrogens (primary N) is 1. The third kappa shape index (κ3) is 2.19. The molecule has 0 aliphatic carbocycles. The molecular weight excluding hydrogens is 262 g/mol. The SMILES string of the molecule is CSc1ccccc1Oc1nc(N)nc2[nH]ncc12. The quantitative estimate of drug-likeness (QED) is 0.712. The van der Waals surface area contributed by atoms with Crippen molar-refractivity contribution in [3.63, 3.8) is 0 Å². The minimum absolute atomic E-state index is 0.147. The van der Waals surface area contributed by atoms with E-state index < -0.39 is 0 Å². The van der Waals surface area contributed by atoms with Crippen LogP contribution >= 0.6 is 11.8 Å². The highest BCUT2D eigenvalue weighted by Crippen LogP contribution is 2.33. The third-order valence-electron chi connectivity index (χ3n) is 2.57. The highest BCUT2D eigenvalue weighted by molar-refractivity contribution is 7.98. The molecule has 1 aromatic carbocycles. The molecule has 3 rings (SSSR count). The van der Waals surface area contributed by atoms with Crippen molar-refractivity contribution in [2.24, 2.45) is 0 Å². The number of benzene rings is 1. The van der Waals surface area contributed by atoms with Crippen LogP contribution in [0.25, 0.3) is 11.0 Å². The van der Waals surface area contributed by atoms with Crippen molar-refractivity contribution in [1.82, 2.24) is 20.2 Å². The van der Waals surface area contributed by atoms with Gasteiger partial charge in [-0.15, -0.1) is 11.8 Å². The van der Waals surface area contributed by atoms with Gasteiger partial charge in [0.25, 0.3) is 0 Å². The molecule has 3 aromatic rings. The Morgan fingerprint density at radius 2 is 2.11 bits per heavy atom. The first-order valence-electron chi connectivity index (χ1n) is 5.55. The van der Waals surface area contributed by atoms with E-state index in [4.69, 9.17) is 10.5 Å². The number of hydrogen-bond donors (Lipinski definition) is 2. The Morgan fingerprint density at radius 3 is 2.95 bits per heavy atom. The highest BCUT2D eigenvalue weighted by Gasteiger charge is 2.11. The number of nitrogen functional groups attached to an aromatic ring is 1. The number of anilines is 1. The zero-order chi connectivity index (χ0) is 13.2. The first-order valence-corrected chi connectivity index (χ1v) is 6.78. The Balaban J connectivity index is 2.07. The first-order chi connectivity index (χ1) is 9.28. The fourth-order valence-corrected chi connectivity index (χ4v) is 2.24. The van der Waals surface area contributed by atoms with E-state index in [-0.39, 0.29) is 5.95 Å². The smallest absolute Gasteiger partial charge is 0.235 e. The monoisotopic (exact) mass is 273 g/mol. The van der Waals surface area contributed by atoms with Crippen LogP contribution in [0.4, 0.5) is 5.95 Å². The molecule has 6 nitrogen and oxygen atoms in total. The average Bonchev–Trinajstić information content (AvgIpc) is 2.87. The van der Waals surface area contributed by atoms with Gasteiger partial charge >= 0.3 is 0 Å². The predicted octanol–water partition coefficient (Wildman–Crippen LogP) is 2.45. The van der Waals surface area contributed by atoms with Crippen molar-refractivity contribution in [1.29, 1.82) is 0 Å². The largest absolute Gasteiger partial charge is 0.437 e. The molecule has 0 bridgehead atoms. The Kier molecular flexibility index (Phi) is 2.96. The molecule has 0 radical (unpaired) electrons. The number of fused-ring (bicyclic) bond motifs is 1. The number of thioether (sulfide) groups is 1. The van der Waals surface area contributed by atoms with E-state index in [0.717, 1.165) is 10.6 Å². The number of para-hydroxylation sites is 1. The molecule has 0 aliphatic rings.